The Balaban J connectivity index is 1.88. The summed E-state index contributed by atoms with van der Waals surface area (Å²) in [5.41, 5.74) is 0. The SMILES string of the molecule is C[N+](C)(CCNC(=O)C1C(C(=O)NCC[N+](C)(C)CCS(=O)(=O)O)[C@H]2C=C[C@@H]1O2)CCS(=O)(=O)O. The maximum atomic E-state index is 12.9. The van der Waals surface area contributed by atoms with E-state index in [2.05, 4.69) is 10.6 Å². The Labute approximate surface area is 207 Å². The van der Waals surface area contributed by atoms with Gasteiger partial charge in [-0.05, 0) is 0 Å². The zero-order valence-electron chi connectivity index (χ0n) is 20.6. The van der Waals surface area contributed by atoms with Crippen molar-refractivity contribution in [2.24, 2.45) is 11.8 Å². The van der Waals surface area contributed by atoms with E-state index < -0.39 is 44.3 Å². The molecule has 0 aliphatic carbocycles. The maximum Gasteiger partial charge on any atom is 0.270 e. The summed E-state index contributed by atoms with van der Waals surface area (Å²) in [5, 5.41) is 5.63. The molecule has 2 bridgehead atoms. The molecule has 2 aliphatic heterocycles. The van der Waals surface area contributed by atoms with E-state index in [1.165, 1.54) is 0 Å². The lowest BCUT2D eigenvalue weighted by Gasteiger charge is -2.30. The number of quaternary nitrogens is 2. The maximum absolute atomic E-state index is 12.9. The molecule has 4 atom stereocenters. The third-order valence-electron chi connectivity index (χ3n) is 6.45. The van der Waals surface area contributed by atoms with Gasteiger partial charge in [0.15, 0.2) is 0 Å². The number of carbonyl (C=O) groups excluding carboxylic acids is 2. The van der Waals surface area contributed by atoms with Crippen molar-refractivity contribution in [1.82, 2.24) is 10.6 Å². The molecule has 0 spiro atoms. The number of carbonyl (C=O) groups is 2. The van der Waals surface area contributed by atoms with Crippen molar-refractivity contribution in [3.63, 3.8) is 0 Å². The van der Waals surface area contributed by atoms with Gasteiger partial charge in [-0.2, -0.15) is 16.8 Å². The molecule has 1 saturated heterocycles. The number of fused-ring (bicyclic) bond motifs is 2. The average Bonchev–Trinajstić information content (AvgIpc) is 3.31. The number of hydrogen-bond donors (Lipinski definition) is 4. The van der Waals surface area contributed by atoms with Crippen LogP contribution in [0.25, 0.3) is 0 Å². The molecule has 15 heteroatoms. The number of hydrogen-bond acceptors (Lipinski definition) is 7. The van der Waals surface area contributed by atoms with Crippen LogP contribution in [0.2, 0.25) is 0 Å². The van der Waals surface area contributed by atoms with Crippen molar-refractivity contribution >= 4 is 32.1 Å². The van der Waals surface area contributed by atoms with E-state index in [-0.39, 0.29) is 58.5 Å². The molecule has 2 aliphatic rings. The molecular weight excluding hydrogens is 504 g/mol. The van der Waals surface area contributed by atoms with Gasteiger partial charge in [0.2, 0.25) is 11.8 Å². The third-order valence-corrected chi connectivity index (χ3v) is 7.84. The quantitative estimate of drug-likeness (QED) is 0.107. The van der Waals surface area contributed by atoms with Gasteiger partial charge in [-0.3, -0.25) is 18.7 Å². The van der Waals surface area contributed by atoms with E-state index in [1.807, 2.05) is 0 Å². The molecule has 1 fully saturated rings. The van der Waals surface area contributed by atoms with Gasteiger partial charge in [0, 0.05) is 0 Å². The summed E-state index contributed by atoms with van der Waals surface area (Å²) in [6, 6.07) is 0. The number of amides is 2. The van der Waals surface area contributed by atoms with Crippen LogP contribution in [0.3, 0.4) is 0 Å². The molecule has 0 radical (unpaired) electrons. The highest BCUT2D eigenvalue weighted by Gasteiger charge is 2.52. The monoisotopic (exact) mass is 542 g/mol. The zero-order chi connectivity index (χ0) is 26.7. The number of ether oxygens (including phenoxy) is 1. The van der Waals surface area contributed by atoms with Crippen LogP contribution in [0.4, 0.5) is 0 Å². The van der Waals surface area contributed by atoms with Gasteiger partial charge in [-0.15, -0.1) is 0 Å². The van der Waals surface area contributed by atoms with E-state index in [9.17, 15) is 26.4 Å². The molecule has 202 valence electrons. The normalized spacial score (nSPS) is 24.5. The second-order valence-electron chi connectivity index (χ2n) is 10.4. The van der Waals surface area contributed by atoms with Gasteiger partial charge in [0.05, 0.1) is 91.5 Å². The number of nitrogens with zero attached hydrogens (tertiary/aromatic N) is 2. The van der Waals surface area contributed by atoms with Gasteiger partial charge < -0.3 is 24.3 Å². The van der Waals surface area contributed by atoms with Gasteiger partial charge in [0.1, 0.15) is 11.5 Å². The van der Waals surface area contributed by atoms with Crippen LogP contribution in [0, 0.1) is 11.8 Å². The van der Waals surface area contributed by atoms with Gasteiger partial charge in [-0.25, -0.2) is 0 Å². The summed E-state index contributed by atoms with van der Waals surface area (Å²) in [4.78, 5) is 25.9. The van der Waals surface area contributed by atoms with Gasteiger partial charge >= 0.3 is 0 Å². The Morgan fingerprint density at radius 3 is 1.40 bits per heavy atom. The molecule has 0 saturated carbocycles. The van der Waals surface area contributed by atoms with Gasteiger partial charge in [-0.1, -0.05) is 12.2 Å². The van der Waals surface area contributed by atoms with Crippen LogP contribution < -0.4 is 10.6 Å². The van der Waals surface area contributed by atoms with E-state index in [0.717, 1.165) is 0 Å². The first kappa shape index (κ1) is 29.6. The number of rotatable bonds is 14. The molecule has 0 aromatic rings. The van der Waals surface area contributed by atoms with E-state index >= 15 is 0 Å². The highest BCUT2D eigenvalue weighted by molar-refractivity contribution is 7.86. The standard InChI is InChI=1S/C20H36N4O9S2/c1-23(2,11-13-34(27,28)29)9-7-21-19(25)17-15-5-6-16(33-15)18(17)20(26)22-8-10-24(3,4)12-14-35(30,31)32/h5-6,15-18H,7-14H2,1-4H3,(H2-2,21,22,25,26,27,28,29,30,31,32)/p+2/t15-,16+,17?,18?. The van der Waals surface area contributed by atoms with E-state index in [1.54, 1.807) is 40.3 Å². The summed E-state index contributed by atoms with van der Waals surface area (Å²) in [6.45, 7) is 1.71. The molecule has 35 heavy (non-hydrogen) atoms. The first-order valence-corrected chi connectivity index (χ1v) is 14.5. The smallest absolute Gasteiger partial charge is 0.270 e. The van der Waals surface area contributed by atoms with Crippen molar-refractivity contribution in [3.05, 3.63) is 12.2 Å². The molecular formula is C20H38N4O9S2+2. The summed E-state index contributed by atoms with van der Waals surface area (Å²) in [5.74, 6) is -2.85. The predicted molar refractivity (Wildman–Crippen MR) is 127 cm³/mol. The lowest BCUT2D eigenvalue weighted by molar-refractivity contribution is -0.886. The van der Waals surface area contributed by atoms with Crippen LogP contribution in [0.5, 0.6) is 0 Å². The minimum atomic E-state index is -4.07. The Morgan fingerprint density at radius 2 is 1.09 bits per heavy atom. The summed E-state index contributed by atoms with van der Waals surface area (Å²) in [6.07, 6.45) is 2.50. The number of nitrogens with one attached hydrogen (secondary N) is 2. The Kier molecular flexibility index (Phi) is 9.47. The fraction of sp³-hybridized carbons (Fsp3) is 0.800. The predicted octanol–water partition coefficient (Wildman–Crippen LogP) is -2.28. The van der Waals surface area contributed by atoms with Crippen molar-refractivity contribution in [2.45, 2.75) is 12.2 Å². The third kappa shape index (κ3) is 9.74. The first-order valence-electron chi connectivity index (χ1n) is 11.3. The highest BCUT2D eigenvalue weighted by atomic mass is 32.2. The van der Waals surface area contributed by atoms with Crippen LogP contribution in [0.1, 0.15) is 0 Å². The second kappa shape index (κ2) is 11.2. The van der Waals surface area contributed by atoms with Crippen LogP contribution in [-0.4, -0.2) is 138 Å². The Hall–Kier alpha value is -1.62. The van der Waals surface area contributed by atoms with E-state index in [0.29, 0.717) is 13.1 Å². The Bertz CT molecular complexity index is 945. The minimum absolute atomic E-state index is 0.179. The van der Waals surface area contributed by atoms with Crippen molar-refractivity contribution in [1.29, 1.82) is 0 Å². The van der Waals surface area contributed by atoms with Crippen LogP contribution in [0.15, 0.2) is 12.2 Å². The summed E-state index contributed by atoms with van der Waals surface area (Å²) in [7, 11) is -1.01. The van der Waals surface area contributed by atoms with E-state index in [4.69, 9.17) is 13.8 Å². The van der Waals surface area contributed by atoms with Crippen molar-refractivity contribution in [2.75, 3.05) is 79.0 Å². The molecule has 4 N–H and O–H groups in total. The molecule has 2 rings (SSSR count). The molecule has 2 heterocycles. The summed E-state index contributed by atoms with van der Waals surface area (Å²) >= 11 is 0. The largest absolute Gasteiger partial charge is 0.365 e. The lowest BCUT2D eigenvalue weighted by Crippen LogP contribution is -2.52. The highest BCUT2D eigenvalue weighted by Crippen LogP contribution is 2.39. The van der Waals surface area contributed by atoms with Crippen molar-refractivity contribution < 1.29 is 49.2 Å². The molecule has 0 aromatic carbocycles. The minimum Gasteiger partial charge on any atom is -0.365 e. The Morgan fingerprint density at radius 1 is 0.743 bits per heavy atom. The van der Waals surface area contributed by atoms with Gasteiger partial charge in [0.25, 0.3) is 20.2 Å². The zero-order valence-corrected chi connectivity index (χ0v) is 22.2. The summed E-state index contributed by atoms with van der Waals surface area (Å²) < 4.78 is 68.1. The topological polar surface area (TPSA) is 176 Å². The first-order chi connectivity index (χ1) is 15.9. The lowest BCUT2D eigenvalue weighted by atomic mass is 9.81. The van der Waals surface area contributed by atoms with Crippen LogP contribution in [-0.2, 0) is 34.6 Å². The average molecular weight is 543 g/mol. The second-order valence-corrected chi connectivity index (χ2v) is 13.6. The molecule has 2 unspecified atom stereocenters. The fourth-order valence-corrected chi connectivity index (χ4v) is 5.53. The molecule has 2 amide bonds. The molecule has 0 aromatic heterocycles. The fourth-order valence-electron chi connectivity index (χ4n) is 4.08. The van der Waals surface area contributed by atoms with Crippen molar-refractivity contribution in [3.8, 4) is 0 Å². The van der Waals surface area contributed by atoms with Crippen LogP contribution >= 0.6 is 0 Å². The number of likely N-dealkylation sites (N-methyl/N-ethyl adjacent to an activating group) is 2. The molecule has 13 nitrogen and oxygen atoms in total.